The fourth-order valence-electron chi connectivity index (χ4n) is 2.64. The normalized spacial score (nSPS) is 17.0. The lowest BCUT2D eigenvalue weighted by Gasteiger charge is -2.20. The van der Waals surface area contributed by atoms with Crippen molar-refractivity contribution in [2.45, 2.75) is 12.5 Å². The first kappa shape index (κ1) is 16.8. The fraction of sp³-hybridized carbons (Fsp3) is 0.312. The van der Waals surface area contributed by atoms with Crippen molar-refractivity contribution in [1.29, 1.82) is 0 Å². The summed E-state index contributed by atoms with van der Waals surface area (Å²) >= 11 is 12.2. The molecule has 1 aromatic carbocycles. The average Bonchev–Trinajstić information content (AvgIpc) is 3.03. The number of nitrogens with zero attached hydrogens (tertiary/aromatic N) is 3. The Labute approximate surface area is 149 Å². The molecule has 8 heteroatoms. The number of aromatic nitrogens is 2. The lowest BCUT2D eigenvalue weighted by atomic mass is 10.2. The highest BCUT2D eigenvalue weighted by Gasteiger charge is 2.25. The van der Waals surface area contributed by atoms with Gasteiger partial charge in [0, 0.05) is 36.5 Å². The van der Waals surface area contributed by atoms with Crippen LogP contribution in [0.2, 0.25) is 10.0 Å². The number of ether oxygens (including phenoxy) is 1. The number of anilines is 1. The van der Waals surface area contributed by atoms with Gasteiger partial charge in [0.15, 0.2) is 0 Å². The van der Waals surface area contributed by atoms with Gasteiger partial charge in [-0.3, -0.25) is 4.79 Å². The van der Waals surface area contributed by atoms with Crippen molar-refractivity contribution in [3.05, 3.63) is 46.2 Å². The summed E-state index contributed by atoms with van der Waals surface area (Å²) in [4.78, 5) is 22.3. The van der Waals surface area contributed by atoms with E-state index in [1.807, 2.05) is 12.1 Å². The Balaban J connectivity index is 1.62. The maximum absolute atomic E-state index is 12.3. The van der Waals surface area contributed by atoms with Crippen molar-refractivity contribution in [3.63, 3.8) is 0 Å². The average molecular weight is 367 g/mol. The van der Waals surface area contributed by atoms with Crippen LogP contribution in [0.15, 0.2) is 30.6 Å². The Bertz CT molecular complexity index is 739. The topological polar surface area (TPSA) is 67.3 Å². The summed E-state index contributed by atoms with van der Waals surface area (Å²) in [5.41, 5.74) is 1.32. The first-order chi connectivity index (χ1) is 11.6. The second-order valence-corrected chi connectivity index (χ2v) is 6.30. The summed E-state index contributed by atoms with van der Waals surface area (Å²) in [6, 6.07) is 5.69. The summed E-state index contributed by atoms with van der Waals surface area (Å²) in [5, 5.41) is 4.21. The van der Waals surface area contributed by atoms with Gasteiger partial charge >= 0.3 is 6.01 Å². The minimum atomic E-state index is -0.202. The van der Waals surface area contributed by atoms with Crippen LogP contribution in [0.25, 0.3) is 0 Å². The monoisotopic (exact) mass is 366 g/mol. The van der Waals surface area contributed by atoms with E-state index in [0.717, 1.165) is 18.7 Å². The highest BCUT2D eigenvalue weighted by Crippen LogP contribution is 2.31. The van der Waals surface area contributed by atoms with E-state index in [9.17, 15) is 4.79 Å². The molecule has 126 valence electrons. The van der Waals surface area contributed by atoms with Crippen LogP contribution in [0.1, 0.15) is 16.8 Å². The van der Waals surface area contributed by atoms with Gasteiger partial charge in [0.05, 0.1) is 23.4 Å². The van der Waals surface area contributed by atoms with Crippen LogP contribution in [0, 0.1) is 0 Å². The maximum Gasteiger partial charge on any atom is 0.316 e. The Morgan fingerprint density at radius 3 is 2.75 bits per heavy atom. The molecular weight excluding hydrogens is 351 g/mol. The molecule has 0 bridgehead atoms. The zero-order valence-corrected chi connectivity index (χ0v) is 14.5. The Morgan fingerprint density at radius 2 is 2.08 bits per heavy atom. The van der Waals surface area contributed by atoms with Gasteiger partial charge in [0.2, 0.25) is 0 Å². The zero-order valence-electron chi connectivity index (χ0n) is 13.0. The number of carbonyl (C=O) groups is 1. The summed E-state index contributed by atoms with van der Waals surface area (Å²) in [7, 11) is 1.48. The van der Waals surface area contributed by atoms with Gasteiger partial charge in [-0.2, -0.15) is 0 Å². The van der Waals surface area contributed by atoms with Gasteiger partial charge in [0.1, 0.15) is 0 Å². The van der Waals surface area contributed by atoms with Crippen molar-refractivity contribution in [3.8, 4) is 6.01 Å². The number of nitrogens with one attached hydrogen (secondary N) is 1. The smallest absolute Gasteiger partial charge is 0.316 e. The largest absolute Gasteiger partial charge is 0.467 e. The van der Waals surface area contributed by atoms with Gasteiger partial charge in [0.25, 0.3) is 5.91 Å². The first-order valence-corrected chi connectivity index (χ1v) is 8.19. The molecule has 1 amide bonds. The SMILES string of the molecule is COc1ncc(C(=O)NC2CCN(c3ccc(Cl)cc3Cl)C2)cn1. The van der Waals surface area contributed by atoms with E-state index in [1.54, 1.807) is 6.07 Å². The third kappa shape index (κ3) is 3.71. The van der Waals surface area contributed by atoms with E-state index in [-0.39, 0.29) is 18.0 Å². The second kappa shape index (κ2) is 7.23. The van der Waals surface area contributed by atoms with Crippen LogP contribution in [0.5, 0.6) is 6.01 Å². The first-order valence-electron chi connectivity index (χ1n) is 7.43. The van der Waals surface area contributed by atoms with Gasteiger partial charge in [-0.25, -0.2) is 9.97 Å². The highest BCUT2D eigenvalue weighted by molar-refractivity contribution is 6.36. The molecule has 1 fully saturated rings. The predicted octanol–water partition coefficient (Wildman–Crippen LogP) is 2.80. The van der Waals surface area contributed by atoms with E-state index in [1.165, 1.54) is 19.5 Å². The van der Waals surface area contributed by atoms with E-state index >= 15 is 0 Å². The minimum Gasteiger partial charge on any atom is -0.467 e. The Kier molecular flexibility index (Phi) is 5.06. The number of hydrogen-bond acceptors (Lipinski definition) is 5. The summed E-state index contributed by atoms with van der Waals surface area (Å²) in [5.74, 6) is -0.202. The second-order valence-electron chi connectivity index (χ2n) is 5.46. The number of methoxy groups -OCH3 is 1. The zero-order chi connectivity index (χ0) is 17.1. The van der Waals surface area contributed by atoms with Crippen LogP contribution in [-0.2, 0) is 0 Å². The molecule has 1 N–H and O–H groups in total. The molecule has 0 spiro atoms. The molecule has 1 aliphatic rings. The lowest BCUT2D eigenvalue weighted by Crippen LogP contribution is -2.37. The molecule has 1 aliphatic heterocycles. The molecule has 1 atom stereocenters. The molecule has 6 nitrogen and oxygen atoms in total. The molecule has 0 radical (unpaired) electrons. The standard InChI is InChI=1S/C16H16Cl2N4O2/c1-24-16-19-7-10(8-20-16)15(23)21-12-4-5-22(9-12)14-3-2-11(17)6-13(14)18/h2-3,6-8,12H,4-5,9H2,1H3,(H,21,23). The van der Waals surface area contributed by atoms with E-state index in [2.05, 4.69) is 20.2 Å². The van der Waals surface area contributed by atoms with Crippen molar-refractivity contribution in [1.82, 2.24) is 15.3 Å². The van der Waals surface area contributed by atoms with Crippen molar-refractivity contribution in [2.24, 2.45) is 0 Å². The molecular formula is C16H16Cl2N4O2. The molecule has 1 saturated heterocycles. The fourth-order valence-corrected chi connectivity index (χ4v) is 3.17. The van der Waals surface area contributed by atoms with E-state index in [0.29, 0.717) is 22.2 Å². The number of rotatable bonds is 4. The third-order valence-corrected chi connectivity index (χ3v) is 4.38. The summed E-state index contributed by atoms with van der Waals surface area (Å²) < 4.78 is 4.88. The van der Waals surface area contributed by atoms with Crippen LogP contribution < -0.4 is 15.0 Å². The van der Waals surface area contributed by atoms with Gasteiger partial charge < -0.3 is 15.0 Å². The molecule has 2 heterocycles. The number of hydrogen-bond donors (Lipinski definition) is 1. The van der Waals surface area contributed by atoms with Crippen LogP contribution >= 0.6 is 23.2 Å². The molecule has 2 aromatic rings. The molecule has 1 unspecified atom stereocenters. The molecule has 3 rings (SSSR count). The summed E-state index contributed by atoms with van der Waals surface area (Å²) in [6.07, 6.45) is 3.73. The molecule has 24 heavy (non-hydrogen) atoms. The van der Waals surface area contributed by atoms with Gasteiger partial charge in [-0.1, -0.05) is 23.2 Å². The Hall–Kier alpha value is -2.05. The van der Waals surface area contributed by atoms with Gasteiger partial charge in [-0.15, -0.1) is 0 Å². The number of benzene rings is 1. The van der Waals surface area contributed by atoms with Crippen LogP contribution in [0.3, 0.4) is 0 Å². The van der Waals surface area contributed by atoms with E-state index in [4.69, 9.17) is 27.9 Å². The maximum atomic E-state index is 12.3. The quantitative estimate of drug-likeness (QED) is 0.900. The summed E-state index contributed by atoms with van der Waals surface area (Å²) in [6.45, 7) is 1.50. The van der Waals surface area contributed by atoms with E-state index < -0.39 is 0 Å². The molecule has 1 aromatic heterocycles. The Morgan fingerprint density at radius 1 is 1.33 bits per heavy atom. The van der Waals surface area contributed by atoms with Crippen LogP contribution in [-0.4, -0.2) is 42.1 Å². The number of halogens is 2. The number of amides is 1. The minimum absolute atomic E-state index is 0.0337. The van der Waals surface area contributed by atoms with Crippen LogP contribution in [0.4, 0.5) is 5.69 Å². The lowest BCUT2D eigenvalue weighted by molar-refractivity contribution is 0.0939. The predicted molar refractivity (Wildman–Crippen MR) is 93.1 cm³/mol. The molecule has 0 aliphatic carbocycles. The number of carbonyl (C=O) groups excluding carboxylic acids is 1. The van der Waals surface area contributed by atoms with Crippen molar-refractivity contribution < 1.29 is 9.53 Å². The highest BCUT2D eigenvalue weighted by atomic mass is 35.5. The van der Waals surface area contributed by atoms with Crippen molar-refractivity contribution in [2.75, 3.05) is 25.1 Å². The third-order valence-electron chi connectivity index (χ3n) is 3.85. The van der Waals surface area contributed by atoms with Crippen molar-refractivity contribution >= 4 is 34.8 Å². The van der Waals surface area contributed by atoms with Gasteiger partial charge in [-0.05, 0) is 24.6 Å². The molecule has 0 saturated carbocycles.